The molecule has 27 heavy (non-hydrogen) atoms. The molecule has 3 aromatic rings. The van der Waals surface area contributed by atoms with E-state index in [4.69, 9.17) is 4.52 Å². The molecule has 1 aromatic heterocycles. The van der Waals surface area contributed by atoms with E-state index in [1.165, 1.54) is 29.7 Å². The van der Waals surface area contributed by atoms with Crippen molar-refractivity contribution in [3.8, 4) is 11.4 Å². The lowest BCUT2D eigenvalue weighted by atomic mass is 9.87. The highest BCUT2D eigenvalue weighted by Crippen LogP contribution is 2.34. The number of aromatic nitrogens is 2. The zero-order valence-corrected chi connectivity index (χ0v) is 15.0. The van der Waals surface area contributed by atoms with E-state index < -0.39 is 4.92 Å². The zero-order chi connectivity index (χ0) is 18.8. The van der Waals surface area contributed by atoms with Gasteiger partial charge in [0, 0.05) is 23.7 Å². The summed E-state index contributed by atoms with van der Waals surface area (Å²) in [7, 11) is 2.07. The Balaban J connectivity index is 1.49. The number of benzene rings is 2. The van der Waals surface area contributed by atoms with Crippen molar-refractivity contribution in [2.24, 2.45) is 0 Å². The maximum Gasteiger partial charge on any atom is 0.269 e. The highest BCUT2D eigenvalue weighted by atomic mass is 16.6. The molecule has 0 spiro atoms. The van der Waals surface area contributed by atoms with Gasteiger partial charge < -0.3 is 4.52 Å². The van der Waals surface area contributed by atoms with Gasteiger partial charge in [0.15, 0.2) is 0 Å². The molecule has 0 unspecified atom stereocenters. The van der Waals surface area contributed by atoms with Crippen LogP contribution >= 0.6 is 0 Å². The number of aryl methyl sites for hydroxylation is 1. The number of nitro groups is 1. The summed E-state index contributed by atoms with van der Waals surface area (Å²) in [5.74, 6) is 0.978. The first-order chi connectivity index (χ1) is 13.1. The SMILES string of the molecule is CN(Cc1nc(-c2ccc([N+](=O)[O-])cc2)no1)[C@H]1CCCc2ccccc21. The third kappa shape index (κ3) is 3.59. The monoisotopic (exact) mass is 364 g/mol. The van der Waals surface area contributed by atoms with Gasteiger partial charge >= 0.3 is 0 Å². The van der Waals surface area contributed by atoms with Crippen molar-refractivity contribution >= 4 is 5.69 Å². The van der Waals surface area contributed by atoms with Gasteiger partial charge in [-0.2, -0.15) is 4.98 Å². The van der Waals surface area contributed by atoms with Crippen LogP contribution in [0.15, 0.2) is 53.1 Å². The second-order valence-electron chi connectivity index (χ2n) is 6.84. The quantitative estimate of drug-likeness (QED) is 0.499. The number of rotatable bonds is 5. The van der Waals surface area contributed by atoms with Crippen molar-refractivity contribution in [2.45, 2.75) is 31.8 Å². The van der Waals surface area contributed by atoms with Crippen molar-refractivity contribution < 1.29 is 9.45 Å². The summed E-state index contributed by atoms with van der Waals surface area (Å²) in [6, 6.07) is 15.1. The largest absolute Gasteiger partial charge is 0.338 e. The molecule has 1 aliphatic rings. The lowest BCUT2D eigenvalue weighted by molar-refractivity contribution is -0.384. The molecule has 7 heteroatoms. The summed E-state index contributed by atoms with van der Waals surface area (Å²) < 4.78 is 5.41. The van der Waals surface area contributed by atoms with Gasteiger partial charge in [0.2, 0.25) is 11.7 Å². The lowest BCUT2D eigenvalue weighted by Gasteiger charge is -2.32. The molecule has 1 aliphatic carbocycles. The maximum absolute atomic E-state index is 10.8. The zero-order valence-electron chi connectivity index (χ0n) is 15.0. The topological polar surface area (TPSA) is 85.3 Å². The maximum atomic E-state index is 10.8. The van der Waals surface area contributed by atoms with Gasteiger partial charge in [-0.05, 0) is 49.6 Å². The van der Waals surface area contributed by atoms with E-state index in [9.17, 15) is 10.1 Å². The first kappa shape index (κ1) is 17.4. The molecule has 4 rings (SSSR count). The predicted molar refractivity (Wildman–Crippen MR) is 100.0 cm³/mol. The first-order valence-corrected chi connectivity index (χ1v) is 8.97. The van der Waals surface area contributed by atoms with Crippen LogP contribution in [0.1, 0.15) is 35.9 Å². The molecular formula is C20H20N4O3. The molecule has 0 amide bonds. The van der Waals surface area contributed by atoms with E-state index in [-0.39, 0.29) is 5.69 Å². The van der Waals surface area contributed by atoms with Crippen molar-refractivity contribution in [3.05, 3.63) is 75.7 Å². The van der Waals surface area contributed by atoms with Crippen LogP contribution in [0.25, 0.3) is 11.4 Å². The number of non-ortho nitro benzene ring substituents is 1. The predicted octanol–water partition coefficient (Wildman–Crippen LogP) is 4.15. The number of fused-ring (bicyclic) bond motifs is 1. The molecule has 0 saturated heterocycles. The Morgan fingerprint density at radius 1 is 1.22 bits per heavy atom. The molecule has 0 saturated carbocycles. The minimum absolute atomic E-state index is 0.0400. The molecular weight excluding hydrogens is 344 g/mol. The van der Waals surface area contributed by atoms with Crippen LogP contribution in [-0.4, -0.2) is 27.0 Å². The summed E-state index contributed by atoms with van der Waals surface area (Å²) in [5, 5.41) is 14.8. The Kier molecular flexibility index (Phi) is 4.68. The molecule has 2 aromatic carbocycles. The van der Waals surface area contributed by atoms with E-state index in [0.717, 1.165) is 12.8 Å². The number of nitro benzene ring substituents is 1. The molecule has 0 fully saturated rings. The summed E-state index contributed by atoms with van der Waals surface area (Å²) in [4.78, 5) is 17.0. The second-order valence-corrected chi connectivity index (χ2v) is 6.84. The average molecular weight is 364 g/mol. The highest BCUT2D eigenvalue weighted by molar-refractivity contribution is 5.56. The molecule has 0 radical (unpaired) electrons. The van der Waals surface area contributed by atoms with Gasteiger partial charge in [0.25, 0.3) is 5.69 Å². The van der Waals surface area contributed by atoms with Crippen LogP contribution in [0.4, 0.5) is 5.69 Å². The molecule has 0 bridgehead atoms. The molecule has 0 N–H and O–H groups in total. The standard InChI is InChI=1S/C20H20N4O3/c1-23(18-8-4-6-14-5-2-3-7-17(14)18)13-19-21-20(22-27-19)15-9-11-16(12-10-15)24(25)26/h2-3,5,7,9-12,18H,4,6,8,13H2,1H3/t18-/m0/s1. The molecule has 1 heterocycles. The van der Waals surface area contributed by atoms with Gasteiger partial charge in [0.05, 0.1) is 11.5 Å². The van der Waals surface area contributed by atoms with Crippen LogP contribution in [0.5, 0.6) is 0 Å². The van der Waals surface area contributed by atoms with Crippen molar-refractivity contribution in [1.29, 1.82) is 0 Å². The Morgan fingerprint density at radius 3 is 2.78 bits per heavy atom. The van der Waals surface area contributed by atoms with Gasteiger partial charge in [-0.3, -0.25) is 15.0 Å². The van der Waals surface area contributed by atoms with Crippen molar-refractivity contribution in [3.63, 3.8) is 0 Å². The molecule has 138 valence electrons. The van der Waals surface area contributed by atoms with Crippen LogP contribution in [-0.2, 0) is 13.0 Å². The Bertz CT molecular complexity index is 952. The van der Waals surface area contributed by atoms with Crippen LogP contribution < -0.4 is 0 Å². The van der Waals surface area contributed by atoms with Crippen molar-refractivity contribution in [2.75, 3.05) is 7.05 Å². The summed E-state index contributed by atoms with van der Waals surface area (Å²) >= 11 is 0. The van der Waals surface area contributed by atoms with E-state index in [0.29, 0.717) is 29.9 Å². The van der Waals surface area contributed by atoms with Crippen LogP contribution in [0, 0.1) is 10.1 Å². The summed E-state index contributed by atoms with van der Waals surface area (Å²) in [6.07, 6.45) is 3.41. The number of hydrogen-bond acceptors (Lipinski definition) is 6. The third-order valence-corrected chi connectivity index (χ3v) is 5.06. The normalized spacial score (nSPS) is 16.3. The summed E-state index contributed by atoms with van der Waals surface area (Å²) in [6.45, 7) is 0.555. The number of hydrogen-bond donors (Lipinski definition) is 0. The Morgan fingerprint density at radius 2 is 2.00 bits per heavy atom. The van der Waals surface area contributed by atoms with E-state index in [1.54, 1.807) is 12.1 Å². The average Bonchev–Trinajstić information content (AvgIpc) is 3.16. The minimum Gasteiger partial charge on any atom is -0.338 e. The highest BCUT2D eigenvalue weighted by Gasteiger charge is 2.24. The van der Waals surface area contributed by atoms with E-state index in [1.807, 2.05) is 0 Å². The second kappa shape index (κ2) is 7.28. The number of nitrogens with zero attached hydrogens (tertiary/aromatic N) is 4. The molecule has 7 nitrogen and oxygen atoms in total. The van der Waals surface area contributed by atoms with Crippen LogP contribution in [0.2, 0.25) is 0 Å². The van der Waals surface area contributed by atoms with Crippen LogP contribution in [0.3, 0.4) is 0 Å². The van der Waals surface area contributed by atoms with E-state index >= 15 is 0 Å². The fourth-order valence-electron chi connectivity index (χ4n) is 3.68. The van der Waals surface area contributed by atoms with E-state index in [2.05, 4.69) is 46.4 Å². The summed E-state index contributed by atoms with van der Waals surface area (Å²) in [5.41, 5.74) is 3.53. The smallest absolute Gasteiger partial charge is 0.269 e. The Labute approximate surface area is 156 Å². The minimum atomic E-state index is -0.428. The lowest BCUT2D eigenvalue weighted by Crippen LogP contribution is -2.27. The third-order valence-electron chi connectivity index (χ3n) is 5.06. The molecule has 1 atom stereocenters. The fraction of sp³-hybridized carbons (Fsp3) is 0.300. The fourth-order valence-corrected chi connectivity index (χ4v) is 3.68. The Hall–Kier alpha value is -3.06. The van der Waals surface area contributed by atoms with Gasteiger partial charge in [-0.25, -0.2) is 0 Å². The van der Waals surface area contributed by atoms with Gasteiger partial charge in [-0.15, -0.1) is 0 Å². The van der Waals surface area contributed by atoms with Gasteiger partial charge in [-0.1, -0.05) is 29.4 Å². The first-order valence-electron chi connectivity index (χ1n) is 8.97. The van der Waals surface area contributed by atoms with Gasteiger partial charge in [0.1, 0.15) is 0 Å². The van der Waals surface area contributed by atoms with Crippen molar-refractivity contribution in [1.82, 2.24) is 15.0 Å². The molecule has 0 aliphatic heterocycles.